The van der Waals surface area contributed by atoms with E-state index in [0.29, 0.717) is 6.04 Å². The molecule has 2 rings (SSSR count). The molecule has 1 aliphatic rings. The Morgan fingerprint density at radius 1 is 1.43 bits per heavy atom. The fourth-order valence-corrected chi connectivity index (χ4v) is 3.12. The second kappa shape index (κ2) is 7.27. The number of benzene rings is 1. The molecule has 9 heteroatoms. The molecule has 1 aromatic rings. The molecule has 116 valence electrons. The number of sulfonamides is 1. The van der Waals surface area contributed by atoms with Crippen LogP contribution in [-0.2, 0) is 10.0 Å². The fourth-order valence-electron chi connectivity index (χ4n) is 1.80. The van der Waals surface area contributed by atoms with Crippen molar-refractivity contribution in [1.29, 1.82) is 5.26 Å². The van der Waals surface area contributed by atoms with Crippen LogP contribution in [-0.4, -0.2) is 25.9 Å². The molecule has 5 nitrogen and oxygen atoms in total. The van der Waals surface area contributed by atoms with Gasteiger partial charge in [-0.3, -0.25) is 0 Å². The minimum absolute atomic E-state index is 0.288. The van der Waals surface area contributed by atoms with Crippen molar-refractivity contribution in [3.63, 3.8) is 0 Å². The molecule has 1 fully saturated rings. The third-order valence-electron chi connectivity index (χ3n) is 2.96. The van der Waals surface area contributed by atoms with Crippen LogP contribution >= 0.6 is 23.2 Å². The monoisotopic (exact) mass is 353 g/mol. The lowest BCUT2D eigenvalue weighted by Gasteiger charge is -2.10. The predicted molar refractivity (Wildman–Crippen MR) is 78.8 cm³/mol. The molecule has 0 bridgehead atoms. The fraction of sp³-hybridized carbons (Fsp3) is 0.417. The van der Waals surface area contributed by atoms with Crippen molar-refractivity contribution in [2.45, 2.75) is 30.7 Å². The van der Waals surface area contributed by atoms with Gasteiger partial charge in [0, 0.05) is 12.6 Å². The highest BCUT2D eigenvalue weighted by Gasteiger charge is 2.17. The van der Waals surface area contributed by atoms with Gasteiger partial charge in [-0.25, -0.2) is 17.9 Å². The Labute approximate surface area is 133 Å². The minimum atomic E-state index is -3.96. The van der Waals surface area contributed by atoms with Crippen molar-refractivity contribution < 1.29 is 12.8 Å². The summed E-state index contributed by atoms with van der Waals surface area (Å²) in [5.41, 5.74) is 0. The van der Waals surface area contributed by atoms with E-state index in [9.17, 15) is 12.8 Å². The maximum Gasteiger partial charge on any atom is 0.239 e. The molecule has 21 heavy (non-hydrogen) atoms. The number of nitriles is 1. The van der Waals surface area contributed by atoms with E-state index in [1.54, 1.807) is 0 Å². The summed E-state index contributed by atoms with van der Waals surface area (Å²) in [7, 11) is -3.96. The molecule has 0 aliphatic carbocycles. The van der Waals surface area contributed by atoms with Gasteiger partial charge in [-0.1, -0.05) is 23.2 Å². The average molecular weight is 354 g/mol. The molecule has 1 aliphatic heterocycles. The van der Waals surface area contributed by atoms with Crippen molar-refractivity contribution in [3.05, 3.63) is 28.0 Å². The standard InChI is InChI=1S/C6H4Cl2FNO2S.C6H10N2/c7-3-2-6(13(10,11)12)4(8)1-5(3)9;1-6-3-2-4-8(6)5-7/h1-2H,(H2,10,11,12);6H,2-4H2,1H3/t;6-/m.0/s1. The van der Waals surface area contributed by atoms with Crippen LogP contribution < -0.4 is 5.14 Å². The Kier molecular flexibility index (Phi) is 6.23. The molecule has 0 aromatic heterocycles. The number of rotatable bonds is 1. The van der Waals surface area contributed by atoms with Crippen molar-refractivity contribution in [1.82, 2.24) is 4.90 Å². The van der Waals surface area contributed by atoms with Crippen molar-refractivity contribution >= 4 is 33.2 Å². The Morgan fingerprint density at radius 2 is 2.05 bits per heavy atom. The van der Waals surface area contributed by atoms with E-state index in [-0.39, 0.29) is 14.9 Å². The van der Waals surface area contributed by atoms with Gasteiger partial charge in [-0.2, -0.15) is 5.26 Å². The largest absolute Gasteiger partial charge is 0.308 e. The molecule has 0 spiro atoms. The summed E-state index contributed by atoms with van der Waals surface area (Å²) in [5.74, 6) is -0.793. The smallest absolute Gasteiger partial charge is 0.239 e. The van der Waals surface area contributed by atoms with Gasteiger partial charge in [0.25, 0.3) is 0 Å². The maximum atomic E-state index is 12.7. The molecule has 0 unspecified atom stereocenters. The summed E-state index contributed by atoms with van der Waals surface area (Å²) in [6.07, 6.45) is 4.52. The third kappa shape index (κ3) is 5.00. The van der Waals surface area contributed by atoms with Crippen molar-refractivity contribution in [3.8, 4) is 6.19 Å². The number of halogens is 3. The second-order valence-electron chi connectivity index (χ2n) is 4.53. The summed E-state index contributed by atoms with van der Waals surface area (Å²) in [5, 5.41) is 12.6. The highest BCUT2D eigenvalue weighted by molar-refractivity contribution is 7.89. The third-order valence-corrected chi connectivity index (χ3v) is 4.63. The number of nitrogens with two attached hydrogens (primary N) is 1. The lowest BCUT2D eigenvalue weighted by Crippen LogP contribution is -2.20. The molecule has 0 saturated carbocycles. The number of likely N-dealkylation sites (tertiary alicyclic amines) is 1. The molecule has 1 saturated heterocycles. The minimum Gasteiger partial charge on any atom is -0.308 e. The molecule has 0 radical (unpaired) electrons. The van der Waals surface area contributed by atoms with Crippen molar-refractivity contribution in [2.75, 3.05) is 6.54 Å². The summed E-state index contributed by atoms with van der Waals surface area (Å²) in [6.45, 7) is 3.06. The first-order valence-corrected chi connectivity index (χ1v) is 8.30. The zero-order chi connectivity index (χ0) is 16.2. The Hall–Kier alpha value is -1.07. The van der Waals surface area contributed by atoms with Crippen LogP contribution in [0.3, 0.4) is 0 Å². The highest BCUT2D eigenvalue weighted by atomic mass is 35.5. The molecular formula is C12H14Cl2FN3O2S. The molecule has 1 atom stereocenters. The lowest BCUT2D eigenvalue weighted by atomic mass is 10.2. The van der Waals surface area contributed by atoms with Gasteiger partial charge >= 0.3 is 0 Å². The lowest BCUT2D eigenvalue weighted by molar-refractivity contribution is 0.388. The Morgan fingerprint density at radius 3 is 2.43 bits per heavy atom. The van der Waals surface area contributed by atoms with Gasteiger partial charge in [0.05, 0.1) is 10.0 Å². The van der Waals surface area contributed by atoms with E-state index in [0.717, 1.165) is 18.7 Å². The topological polar surface area (TPSA) is 87.2 Å². The predicted octanol–water partition coefficient (Wildman–Crippen LogP) is 2.73. The zero-order valence-corrected chi connectivity index (χ0v) is 13.5. The first-order chi connectivity index (χ1) is 9.66. The van der Waals surface area contributed by atoms with E-state index in [2.05, 4.69) is 13.1 Å². The quantitative estimate of drug-likeness (QED) is 0.621. The van der Waals surface area contributed by atoms with Crippen LogP contribution in [0.1, 0.15) is 19.8 Å². The highest BCUT2D eigenvalue weighted by Crippen LogP contribution is 2.26. The van der Waals surface area contributed by atoms with Gasteiger partial charge in [-0.05, 0) is 31.9 Å². The molecule has 1 aromatic carbocycles. The second-order valence-corrected chi connectivity index (χ2v) is 6.87. The zero-order valence-electron chi connectivity index (χ0n) is 11.2. The average Bonchev–Trinajstić information content (AvgIpc) is 2.78. The van der Waals surface area contributed by atoms with Crippen LogP contribution in [0.2, 0.25) is 10.0 Å². The molecule has 0 amide bonds. The summed E-state index contributed by atoms with van der Waals surface area (Å²) in [6, 6.07) is 2.16. The van der Waals surface area contributed by atoms with Crippen LogP contribution in [0, 0.1) is 17.3 Å². The molecule has 2 N–H and O–H groups in total. The van der Waals surface area contributed by atoms with E-state index >= 15 is 0 Å². The maximum absolute atomic E-state index is 12.7. The number of nitrogens with zero attached hydrogens (tertiary/aromatic N) is 2. The number of hydrogen-bond donors (Lipinski definition) is 1. The number of primary sulfonamides is 1. The van der Waals surface area contributed by atoms with E-state index < -0.39 is 15.8 Å². The summed E-state index contributed by atoms with van der Waals surface area (Å²) in [4.78, 5) is 1.44. The van der Waals surface area contributed by atoms with Gasteiger partial charge in [-0.15, -0.1) is 0 Å². The SMILES string of the molecule is C[C@H]1CCCN1C#N.NS(=O)(=O)c1cc(Cl)c(F)cc1Cl. The first kappa shape index (κ1) is 18.0. The normalized spacial score (nSPS) is 17.9. The molecular weight excluding hydrogens is 340 g/mol. The van der Waals surface area contributed by atoms with Crippen LogP contribution in [0.25, 0.3) is 0 Å². The number of hydrogen-bond acceptors (Lipinski definition) is 4. The first-order valence-electron chi connectivity index (χ1n) is 6.00. The van der Waals surface area contributed by atoms with Crippen LogP contribution in [0.5, 0.6) is 0 Å². The van der Waals surface area contributed by atoms with Crippen LogP contribution in [0.15, 0.2) is 17.0 Å². The van der Waals surface area contributed by atoms with Gasteiger partial charge < -0.3 is 4.90 Å². The van der Waals surface area contributed by atoms with Gasteiger partial charge in [0.15, 0.2) is 6.19 Å². The van der Waals surface area contributed by atoms with E-state index in [1.807, 2.05) is 4.90 Å². The molecule has 1 heterocycles. The van der Waals surface area contributed by atoms with E-state index in [4.69, 9.17) is 33.6 Å². The summed E-state index contributed by atoms with van der Waals surface area (Å²) < 4.78 is 34.4. The summed E-state index contributed by atoms with van der Waals surface area (Å²) >= 11 is 10.8. The van der Waals surface area contributed by atoms with Crippen LogP contribution in [0.4, 0.5) is 4.39 Å². The van der Waals surface area contributed by atoms with Gasteiger partial charge in [0.1, 0.15) is 10.7 Å². The Balaban J connectivity index is 0.000000235. The van der Waals surface area contributed by atoms with Crippen molar-refractivity contribution in [2.24, 2.45) is 5.14 Å². The van der Waals surface area contributed by atoms with E-state index in [1.165, 1.54) is 12.8 Å². The van der Waals surface area contributed by atoms with Gasteiger partial charge in [0.2, 0.25) is 10.0 Å². The Bertz CT molecular complexity index is 661.